The highest BCUT2D eigenvalue weighted by Gasteiger charge is 2.46. The second-order valence-electron chi connectivity index (χ2n) is 3.65. The van der Waals surface area contributed by atoms with E-state index in [-0.39, 0.29) is 5.67 Å². The van der Waals surface area contributed by atoms with Gasteiger partial charge in [0.15, 0.2) is 0 Å². The predicted molar refractivity (Wildman–Crippen MR) is 68.1 cm³/mol. The molecule has 0 spiro atoms. The van der Waals surface area contributed by atoms with Gasteiger partial charge in [0.05, 0.1) is 5.67 Å². The summed E-state index contributed by atoms with van der Waals surface area (Å²) < 4.78 is 17.2. The highest BCUT2D eigenvalue weighted by Crippen LogP contribution is 2.17. The van der Waals surface area contributed by atoms with E-state index in [0.717, 1.165) is 19.3 Å². The lowest BCUT2D eigenvalue weighted by Gasteiger charge is -2.33. The fourth-order valence-corrected chi connectivity index (χ4v) is 4.31. The molecule has 4 nitrogen and oxygen atoms in total. The van der Waals surface area contributed by atoms with Crippen molar-refractivity contribution < 1.29 is 13.3 Å². The normalized spacial score (nSPS) is 14.1. The molecule has 1 atom stereocenters. The van der Waals surface area contributed by atoms with E-state index in [9.17, 15) is 0 Å². The van der Waals surface area contributed by atoms with Crippen LogP contribution in [0.3, 0.4) is 0 Å². The summed E-state index contributed by atoms with van der Waals surface area (Å²) in [5, 5.41) is 0. The molecule has 0 radical (unpaired) electrons. The SMILES string of the molecule is CCCCC(N)[Si](OCC)(OCC)OCC. The van der Waals surface area contributed by atoms with Crippen molar-refractivity contribution in [3.05, 3.63) is 0 Å². The first kappa shape index (κ1) is 16.1. The first-order valence-electron chi connectivity index (χ1n) is 6.34. The van der Waals surface area contributed by atoms with Crippen LogP contribution in [-0.2, 0) is 13.3 Å². The fraction of sp³-hybridized carbons (Fsp3) is 1.00. The summed E-state index contributed by atoms with van der Waals surface area (Å²) >= 11 is 0. The summed E-state index contributed by atoms with van der Waals surface area (Å²) in [7, 11) is -2.66. The second kappa shape index (κ2) is 9.12. The smallest absolute Gasteiger partial charge is 0.373 e. The Morgan fingerprint density at radius 3 is 1.69 bits per heavy atom. The van der Waals surface area contributed by atoms with E-state index in [0.29, 0.717) is 19.8 Å². The number of nitrogens with two attached hydrogens (primary N) is 1. The Labute approximate surface area is 101 Å². The summed E-state index contributed by atoms with van der Waals surface area (Å²) in [4.78, 5) is 0. The Kier molecular flexibility index (Phi) is 9.16. The molecule has 0 amide bonds. The zero-order valence-electron chi connectivity index (χ0n) is 11.1. The maximum absolute atomic E-state index is 6.18. The van der Waals surface area contributed by atoms with E-state index < -0.39 is 8.80 Å². The van der Waals surface area contributed by atoms with Crippen molar-refractivity contribution in [1.29, 1.82) is 0 Å². The van der Waals surface area contributed by atoms with Gasteiger partial charge in [-0.1, -0.05) is 19.8 Å². The molecule has 0 aromatic rings. The molecule has 5 heteroatoms. The highest BCUT2D eigenvalue weighted by atomic mass is 28.4. The van der Waals surface area contributed by atoms with Gasteiger partial charge in [-0.3, -0.25) is 0 Å². The van der Waals surface area contributed by atoms with Gasteiger partial charge in [0.1, 0.15) is 0 Å². The van der Waals surface area contributed by atoms with Crippen molar-refractivity contribution in [1.82, 2.24) is 0 Å². The van der Waals surface area contributed by atoms with Crippen LogP contribution in [0.5, 0.6) is 0 Å². The quantitative estimate of drug-likeness (QED) is 0.602. The molecule has 0 fully saturated rings. The Morgan fingerprint density at radius 2 is 1.38 bits per heavy atom. The Bertz CT molecular complexity index is 152. The summed E-state index contributed by atoms with van der Waals surface area (Å²) in [5.41, 5.74) is 6.08. The molecule has 16 heavy (non-hydrogen) atoms. The Morgan fingerprint density at radius 1 is 0.938 bits per heavy atom. The fourth-order valence-electron chi connectivity index (χ4n) is 1.65. The average molecular weight is 249 g/mol. The molecule has 0 aromatic heterocycles. The molecule has 2 N–H and O–H groups in total. The van der Waals surface area contributed by atoms with Crippen LogP contribution in [0.1, 0.15) is 47.0 Å². The van der Waals surface area contributed by atoms with Crippen LogP contribution in [-0.4, -0.2) is 34.3 Å². The third-order valence-corrected chi connectivity index (χ3v) is 5.63. The molecule has 0 aliphatic carbocycles. The van der Waals surface area contributed by atoms with Gasteiger partial charge in [-0.2, -0.15) is 0 Å². The van der Waals surface area contributed by atoms with Crippen molar-refractivity contribution in [3.8, 4) is 0 Å². The van der Waals surface area contributed by atoms with Crippen molar-refractivity contribution in [2.75, 3.05) is 19.8 Å². The molecule has 0 heterocycles. The lowest BCUT2D eigenvalue weighted by molar-refractivity contribution is 0.0611. The molecule has 0 aliphatic heterocycles. The minimum absolute atomic E-state index is 0.104. The molecular weight excluding hydrogens is 222 g/mol. The van der Waals surface area contributed by atoms with Crippen LogP contribution in [0, 0.1) is 0 Å². The van der Waals surface area contributed by atoms with E-state index in [4.69, 9.17) is 19.0 Å². The van der Waals surface area contributed by atoms with Crippen molar-refractivity contribution in [3.63, 3.8) is 0 Å². The van der Waals surface area contributed by atoms with Gasteiger partial charge < -0.3 is 19.0 Å². The Balaban J connectivity index is 4.54. The molecule has 0 aromatic carbocycles. The molecule has 98 valence electrons. The maximum Gasteiger partial charge on any atom is 0.518 e. The van der Waals surface area contributed by atoms with Crippen LogP contribution < -0.4 is 5.73 Å². The third kappa shape index (κ3) is 4.93. The van der Waals surface area contributed by atoms with Gasteiger partial charge in [-0.05, 0) is 27.2 Å². The molecule has 0 saturated carbocycles. The van der Waals surface area contributed by atoms with Gasteiger partial charge in [-0.25, -0.2) is 0 Å². The topological polar surface area (TPSA) is 53.7 Å². The van der Waals surface area contributed by atoms with Gasteiger partial charge in [-0.15, -0.1) is 0 Å². The van der Waals surface area contributed by atoms with Gasteiger partial charge >= 0.3 is 8.80 Å². The molecule has 1 unspecified atom stereocenters. The van der Waals surface area contributed by atoms with Gasteiger partial charge in [0, 0.05) is 19.8 Å². The van der Waals surface area contributed by atoms with Crippen molar-refractivity contribution in [2.45, 2.75) is 52.6 Å². The first-order valence-corrected chi connectivity index (χ1v) is 8.14. The average Bonchev–Trinajstić information content (AvgIpc) is 2.26. The van der Waals surface area contributed by atoms with Crippen LogP contribution in [0.2, 0.25) is 0 Å². The number of hydrogen-bond donors (Lipinski definition) is 1. The summed E-state index contributed by atoms with van der Waals surface area (Å²) in [6, 6.07) is 0. The summed E-state index contributed by atoms with van der Waals surface area (Å²) in [5.74, 6) is 0. The number of unbranched alkanes of at least 4 members (excludes halogenated alkanes) is 1. The maximum atomic E-state index is 6.18. The second-order valence-corrected chi connectivity index (χ2v) is 6.47. The lowest BCUT2D eigenvalue weighted by atomic mass is 10.2. The summed E-state index contributed by atoms with van der Waals surface area (Å²) in [6.45, 7) is 9.77. The van der Waals surface area contributed by atoms with E-state index in [1.807, 2.05) is 20.8 Å². The van der Waals surface area contributed by atoms with E-state index in [2.05, 4.69) is 6.92 Å². The van der Waals surface area contributed by atoms with Gasteiger partial charge in [0.2, 0.25) is 0 Å². The highest BCUT2D eigenvalue weighted by molar-refractivity contribution is 6.62. The minimum atomic E-state index is -2.66. The third-order valence-electron chi connectivity index (χ3n) is 2.36. The number of hydrogen-bond acceptors (Lipinski definition) is 4. The zero-order valence-corrected chi connectivity index (χ0v) is 12.1. The van der Waals surface area contributed by atoms with Crippen LogP contribution in [0.15, 0.2) is 0 Å². The molecular formula is C11H27NO3Si. The van der Waals surface area contributed by atoms with E-state index in [1.54, 1.807) is 0 Å². The first-order chi connectivity index (χ1) is 7.66. The minimum Gasteiger partial charge on any atom is -0.373 e. The van der Waals surface area contributed by atoms with Gasteiger partial charge in [0.25, 0.3) is 0 Å². The Hall–Kier alpha value is 0.0569. The van der Waals surface area contributed by atoms with Crippen molar-refractivity contribution >= 4 is 8.80 Å². The van der Waals surface area contributed by atoms with Crippen LogP contribution >= 0.6 is 0 Å². The van der Waals surface area contributed by atoms with Crippen LogP contribution in [0.25, 0.3) is 0 Å². The van der Waals surface area contributed by atoms with Crippen LogP contribution in [0.4, 0.5) is 0 Å². The summed E-state index contributed by atoms with van der Waals surface area (Å²) in [6.07, 6.45) is 3.12. The standard InChI is InChI=1S/C11H27NO3Si/c1-5-9-10-11(12)16(13-6-2,14-7-3)15-8-4/h11H,5-10,12H2,1-4H3. The monoisotopic (exact) mass is 249 g/mol. The number of rotatable bonds is 10. The largest absolute Gasteiger partial charge is 0.518 e. The molecule has 0 bridgehead atoms. The predicted octanol–water partition coefficient (Wildman–Crippen LogP) is 2.09. The molecule has 0 rings (SSSR count). The van der Waals surface area contributed by atoms with E-state index >= 15 is 0 Å². The molecule has 0 saturated heterocycles. The zero-order chi connectivity index (χ0) is 12.4. The lowest BCUT2D eigenvalue weighted by Crippen LogP contribution is -2.60. The molecule has 0 aliphatic rings. The van der Waals surface area contributed by atoms with E-state index in [1.165, 1.54) is 0 Å². The van der Waals surface area contributed by atoms with Crippen molar-refractivity contribution in [2.24, 2.45) is 5.73 Å².